The first-order valence-corrected chi connectivity index (χ1v) is 8.03. The van der Waals surface area contributed by atoms with Gasteiger partial charge in [-0.25, -0.2) is 9.97 Å². The molecule has 2 aromatic rings. The number of nitrogens with one attached hydrogen (secondary N) is 4. The Hall–Kier alpha value is -2.13. The van der Waals surface area contributed by atoms with Gasteiger partial charge in [-0.3, -0.25) is 0 Å². The molecule has 2 heterocycles. The van der Waals surface area contributed by atoms with Crippen LogP contribution in [0.3, 0.4) is 0 Å². The zero-order valence-electron chi connectivity index (χ0n) is 15.3. The van der Waals surface area contributed by atoms with Crippen molar-refractivity contribution in [2.24, 2.45) is 0 Å². The van der Waals surface area contributed by atoms with Gasteiger partial charge in [-0.1, -0.05) is 6.92 Å². The van der Waals surface area contributed by atoms with Crippen molar-refractivity contribution in [1.82, 2.24) is 19.9 Å². The molecule has 10 heteroatoms. The summed E-state index contributed by atoms with van der Waals surface area (Å²) in [4.78, 5) is 17.8. The highest BCUT2D eigenvalue weighted by Gasteiger charge is 2.18. The summed E-state index contributed by atoms with van der Waals surface area (Å²) < 4.78 is 0. The predicted molar refractivity (Wildman–Crippen MR) is 105 cm³/mol. The molecule has 140 valence electrons. The van der Waals surface area contributed by atoms with Crippen LogP contribution >= 0.6 is 12.4 Å². The molecule has 2 rings (SSSR count). The summed E-state index contributed by atoms with van der Waals surface area (Å²) in [5.41, 5.74) is 0.343. The Bertz CT molecular complexity index is 704. The minimum absolute atomic E-state index is 0. The maximum Gasteiger partial charge on any atom is 0.225 e. The van der Waals surface area contributed by atoms with Gasteiger partial charge in [0.15, 0.2) is 11.6 Å². The first-order valence-electron chi connectivity index (χ1n) is 8.03. The van der Waals surface area contributed by atoms with E-state index in [9.17, 15) is 5.11 Å². The number of aliphatic hydroxyl groups is 1. The molecule has 0 fully saturated rings. The van der Waals surface area contributed by atoms with Gasteiger partial charge in [0.05, 0.1) is 5.60 Å². The summed E-state index contributed by atoms with van der Waals surface area (Å²) >= 11 is 0. The third kappa shape index (κ3) is 5.43. The molecule has 0 saturated carbocycles. The van der Waals surface area contributed by atoms with Crippen molar-refractivity contribution in [3.05, 3.63) is 0 Å². The second-order valence-corrected chi connectivity index (χ2v) is 6.08. The lowest BCUT2D eigenvalue weighted by Gasteiger charge is -2.19. The summed E-state index contributed by atoms with van der Waals surface area (Å²) in [6, 6.07) is 0. The lowest BCUT2D eigenvalue weighted by molar-refractivity contribution is 0.0944. The van der Waals surface area contributed by atoms with Gasteiger partial charge in [0.25, 0.3) is 0 Å². The van der Waals surface area contributed by atoms with Crippen molar-refractivity contribution < 1.29 is 5.11 Å². The number of nitrogens with zero attached hydrogens (tertiary/aromatic N) is 4. The van der Waals surface area contributed by atoms with Crippen molar-refractivity contribution in [3.63, 3.8) is 0 Å². The maximum atomic E-state index is 9.97. The number of rotatable bonds is 8. The van der Waals surface area contributed by atoms with Crippen LogP contribution in [0.25, 0.3) is 11.0 Å². The van der Waals surface area contributed by atoms with Gasteiger partial charge in [-0.05, 0) is 20.3 Å². The van der Waals surface area contributed by atoms with Gasteiger partial charge < -0.3 is 26.4 Å². The van der Waals surface area contributed by atoms with Gasteiger partial charge in [0, 0.05) is 27.2 Å². The lowest BCUT2D eigenvalue weighted by Crippen LogP contribution is -2.29. The van der Waals surface area contributed by atoms with Gasteiger partial charge >= 0.3 is 0 Å². The Morgan fingerprint density at radius 3 is 1.76 bits per heavy atom. The van der Waals surface area contributed by atoms with Gasteiger partial charge in [0.2, 0.25) is 11.9 Å². The molecule has 0 radical (unpaired) electrons. The van der Waals surface area contributed by atoms with Crippen LogP contribution in [-0.4, -0.2) is 57.8 Å². The largest absolute Gasteiger partial charge is 0.389 e. The van der Waals surface area contributed by atoms with E-state index in [-0.39, 0.29) is 12.4 Å². The van der Waals surface area contributed by atoms with E-state index in [1.807, 2.05) is 0 Å². The molecule has 0 unspecified atom stereocenters. The normalized spacial score (nSPS) is 11.0. The van der Waals surface area contributed by atoms with E-state index in [4.69, 9.17) is 0 Å². The molecule has 0 atom stereocenters. The summed E-state index contributed by atoms with van der Waals surface area (Å²) in [7, 11) is 3.51. The van der Waals surface area contributed by atoms with Gasteiger partial charge in [0.1, 0.15) is 11.0 Å². The average Bonchev–Trinajstić information content (AvgIpc) is 2.56. The van der Waals surface area contributed by atoms with E-state index < -0.39 is 5.60 Å². The third-order valence-electron chi connectivity index (χ3n) is 3.22. The van der Waals surface area contributed by atoms with E-state index >= 15 is 0 Å². The molecule has 25 heavy (non-hydrogen) atoms. The standard InChI is InChI=1S/C15H26N8O.ClH/c1-6-7-18-11-9-10(21-13(16-4)22-11)12(19-8-15(2,3)24)23-14(17-5)20-9;/h24H,6-8H2,1-5H3,(H2,16,18,21,22)(H2,17,19,20,23);1H. The lowest BCUT2D eigenvalue weighted by atomic mass is 10.1. The van der Waals surface area contributed by atoms with E-state index in [2.05, 4.69) is 48.1 Å². The average molecular weight is 371 g/mol. The molecule has 0 saturated heterocycles. The Morgan fingerprint density at radius 1 is 0.880 bits per heavy atom. The number of fused-ring (bicyclic) bond motifs is 1. The quantitative estimate of drug-likeness (QED) is 0.474. The fourth-order valence-corrected chi connectivity index (χ4v) is 2.03. The van der Waals surface area contributed by atoms with Crippen molar-refractivity contribution in [3.8, 4) is 0 Å². The van der Waals surface area contributed by atoms with Gasteiger partial charge in [-0.2, -0.15) is 9.97 Å². The van der Waals surface area contributed by atoms with Crippen molar-refractivity contribution in [2.45, 2.75) is 32.8 Å². The highest BCUT2D eigenvalue weighted by Crippen LogP contribution is 2.27. The van der Waals surface area contributed by atoms with Crippen LogP contribution < -0.4 is 21.3 Å². The molecule has 0 amide bonds. The fourth-order valence-electron chi connectivity index (χ4n) is 2.03. The Morgan fingerprint density at radius 2 is 1.36 bits per heavy atom. The summed E-state index contributed by atoms with van der Waals surface area (Å²) in [6.45, 7) is 6.65. The van der Waals surface area contributed by atoms with Crippen LogP contribution in [-0.2, 0) is 0 Å². The molecular weight excluding hydrogens is 344 g/mol. The van der Waals surface area contributed by atoms with Crippen LogP contribution in [0.5, 0.6) is 0 Å². The monoisotopic (exact) mass is 370 g/mol. The third-order valence-corrected chi connectivity index (χ3v) is 3.22. The van der Waals surface area contributed by atoms with E-state index in [1.54, 1.807) is 27.9 Å². The second kappa shape index (κ2) is 8.82. The highest BCUT2D eigenvalue weighted by molar-refractivity contribution is 5.94. The molecule has 0 aliphatic carbocycles. The summed E-state index contributed by atoms with van der Waals surface area (Å²) in [6.07, 6.45) is 0.966. The van der Waals surface area contributed by atoms with Crippen LogP contribution in [0.4, 0.5) is 23.5 Å². The Balaban J connectivity index is 0.00000312. The Labute approximate surface area is 153 Å². The fraction of sp³-hybridized carbons (Fsp3) is 0.600. The minimum atomic E-state index is -0.876. The van der Waals surface area contributed by atoms with E-state index in [1.165, 1.54) is 0 Å². The van der Waals surface area contributed by atoms with Crippen LogP contribution in [0, 0.1) is 0 Å². The van der Waals surface area contributed by atoms with Crippen LogP contribution in [0.2, 0.25) is 0 Å². The topological polar surface area (TPSA) is 120 Å². The number of hydrogen-bond donors (Lipinski definition) is 5. The van der Waals surface area contributed by atoms with Crippen molar-refractivity contribution in [1.29, 1.82) is 0 Å². The molecule has 2 aromatic heterocycles. The zero-order valence-corrected chi connectivity index (χ0v) is 16.1. The smallest absolute Gasteiger partial charge is 0.225 e. The first-order chi connectivity index (χ1) is 11.4. The molecule has 0 aliphatic heterocycles. The molecule has 9 nitrogen and oxygen atoms in total. The molecular formula is C15H27ClN8O. The second-order valence-electron chi connectivity index (χ2n) is 6.08. The van der Waals surface area contributed by atoms with E-state index in [0.717, 1.165) is 13.0 Å². The van der Waals surface area contributed by atoms with Crippen molar-refractivity contribution >= 4 is 47.0 Å². The van der Waals surface area contributed by atoms with Crippen molar-refractivity contribution in [2.75, 3.05) is 48.5 Å². The maximum absolute atomic E-state index is 9.97. The number of aromatic nitrogens is 4. The molecule has 0 aromatic carbocycles. The Kier molecular flexibility index (Phi) is 7.38. The van der Waals surface area contributed by atoms with Crippen LogP contribution in [0.1, 0.15) is 27.2 Å². The van der Waals surface area contributed by atoms with Gasteiger partial charge in [-0.15, -0.1) is 12.4 Å². The number of anilines is 4. The van der Waals surface area contributed by atoms with Crippen LogP contribution in [0.15, 0.2) is 0 Å². The number of halogens is 1. The molecule has 5 N–H and O–H groups in total. The SMILES string of the molecule is CCCNc1nc(NC)nc2c(NCC(C)(C)O)nc(NC)nc12.Cl. The molecule has 0 bridgehead atoms. The summed E-state index contributed by atoms with van der Waals surface area (Å²) in [5.74, 6) is 2.13. The zero-order chi connectivity index (χ0) is 17.7. The molecule has 0 spiro atoms. The summed E-state index contributed by atoms with van der Waals surface area (Å²) in [5, 5.41) is 22.3. The predicted octanol–water partition coefficient (Wildman–Crippen LogP) is 1.93. The highest BCUT2D eigenvalue weighted by atomic mass is 35.5. The van der Waals surface area contributed by atoms with E-state index in [0.29, 0.717) is 41.1 Å². The minimum Gasteiger partial charge on any atom is -0.389 e. The first kappa shape index (κ1) is 20.9. The number of hydrogen-bond acceptors (Lipinski definition) is 9. The molecule has 0 aliphatic rings.